The second-order valence-corrected chi connectivity index (χ2v) is 5.00. The number of hydrogen-bond acceptors (Lipinski definition) is 4. The van der Waals surface area contributed by atoms with E-state index < -0.39 is 5.97 Å². The molecule has 0 aliphatic rings. The van der Waals surface area contributed by atoms with E-state index in [1.807, 2.05) is 0 Å². The Kier molecular flexibility index (Phi) is 3.08. The summed E-state index contributed by atoms with van der Waals surface area (Å²) in [4.78, 5) is 29.3. The van der Waals surface area contributed by atoms with Crippen LogP contribution in [0.2, 0.25) is 0 Å². The van der Waals surface area contributed by atoms with E-state index in [1.54, 1.807) is 30.8 Å². The number of aliphatic carboxylic acids is 1. The molecule has 0 aliphatic heterocycles. The molecule has 6 nitrogen and oxygen atoms in total. The van der Waals surface area contributed by atoms with Crippen molar-refractivity contribution in [2.75, 3.05) is 14.1 Å². The Morgan fingerprint density at radius 3 is 2.72 bits per heavy atom. The number of carbonyl (C=O) groups is 2. The minimum Gasteiger partial charge on any atom is -0.481 e. The molecule has 0 atom stereocenters. The van der Waals surface area contributed by atoms with Gasteiger partial charge in [0.2, 0.25) is 0 Å². The lowest BCUT2D eigenvalue weighted by molar-refractivity contribution is -0.136. The van der Waals surface area contributed by atoms with E-state index in [4.69, 9.17) is 5.11 Å². The number of nitrogens with zero attached hydrogens (tertiary/aromatic N) is 3. The lowest BCUT2D eigenvalue weighted by atomic mass is 10.3. The topological polar surface area (TPSA) is 74.9 Å². The van der Waals surface area contributed by atoms with Crippen molar-refractivity contribution in [2.24, 2.45) is 0 Å². The zero-order chi connectivity index (χ0) is 13.4. The minimum atomic E-state index is -0.927. The van der Waals surface area contributed by atoms with Crippen LogP contribution in [-0.4, -0.2) is 45.4 Å². The molecule has 2 heterocycles. The highest BCUT2D eigenvalue weighted by Crippen LogP contribution is 2.22. The van der Waals surface area contributed by atoms with Gasteiger partial charge in [0.15, 0.2) is 4.96 Å². The first kappa shape index (κ1) is 12.6. The Morgan fingerprint density at radius 2 is 2.17 bits per heavy atom. The van der Waals surface area contributed by atoms with Crippen molar-refractivity contribution in [2.45, 2.75) is 13.3 Å². The Bertz CT molecular complexity index is 627. The van der Waals surface area contributed by atoms with Crippen molar-refractivity contribution in [1.29, 1.82) is 0 Å². The van der Waals surface area contributed by atoms with Crippen molar-refractivity contribution >= 4 is 28.2 Å². The van der Waals surface area contributed by atoms with E-state index in [0.717, 1.165) is 0 Å². The highest BCUT2D eigenvalue weighted by Gasteiger charge is 2.22. The summed E-state index contributed by atoms with van der Waals surface area (Å²) in [7, 11) is 3.31. The number of thiazole rings is 1. The summed E-state index contributed by atoms with van der Waals surface area (Å²) in [5.41, 5.74) is 1.63. The van der Waals surface area contributed by atoms with E-state index in [2.05, 4.69) is 4.98 Å². The molecule has 0 aromatic carbocycles. The second kappa shape index (κ2) is 4.41. The lowest BCUT2D eigenvalue weighted by Gasteiger charge is -2.10. The third kappa shape index (κ3) is 1.97. The number of rotatable bonds is 3. The third-order valence-electron chi connectivity index (χ3n) is 2.55. The number of hydrogen-bond donors (Lipinski definition) is 1. The molecular formula is C11H13N3O3S. The van der Waals surface area contributed by atoms with Crippen LogP contribution in [0.5, 0.6) is 0 Å². The van der Waals surface area contributed by atoms with Crippen LogP contribution >= 0.6 is 11.3 Å². The monoisotopic (exact) mass is 267 g/mol. The largest absolute Gasteiger partial charge is 0.481 e. The standard InChI is InChI=1S/C11H13N3O3S/c1-6-9(10(17)13(2)3)14-7(4-8(15)16)5-18-11(14)12-6/h5H,4H2,1-3H3,(H,15,16). The van der Waals surface area contributed by atoms with E-state index in [9.17, 15) is 9.59 Å². The van der Waals surface area contributed by atoms with Gasteiger partial charge in [0.1, 0.15) is 5.69 Å². The maximum Gasteiger partial charge on any atom is 0.309 e. The van der Waals surface area contributed by atoms with E-state index >= 15 is 0 Å². The molecule has 7 heteroatoms. The fourth-order valence-electron chi connectivity index (χ4n) is 1.76. The van der Waals surface area contributed by atoms with E-state index in [1.165, 1.54) is 16.2 Å². The quantitative estimate of drug-likeness (QED) is 0.901. The van der Waals surface area contributed by atoms with Gasteiger partial charge in [-0.3, -0.25) is 14.0 Å². The molecule has 2 aromatic heterocycles. The molecule has 96 valence electrons. The van der Waals surface area contributed by atoms with E-state index in [0.29, 0.717) is 22.0 Å². The zero-order valence-electron chi connectivity index (χ0n) is 10.3. The van der Waals surface area contributed by atoms with Crippen LogP contribution in [0.4, 0.5) is 0 Å². The summed E-state index contributed by atoms with van der Waals surface area (Å²) in [6.45, 7) is 1.75. The second-order valence-electron chi connectivity index (χ2n) is 4.16. The Labute approximate surface area is 107 Å². The minimum absolute atomic E-state index is 0.122. The number of imidazole rings is 1. The number of carbonyl (C=O) groups excluding carboxylic acids is 1. The van der Waals surface area contributed by atoms with Crippen LogP contribution in [-0.2, 0) is 11.2 Å². The van der Waals surface area contributed by atoms with Crippen LogP contribution in [0.3, 0.4) is 0 Å². The molecule has 18 heavy (non-hydrogen) atoms. The van der Waals surface area contributed by atoms with Gasteiger partial charge in [-0.2, -0.15) is 0 Å². The highest BCUT2D eigenvalue weighted by atomic mass is 32.1. The Morgan fingerprint density at radius 1 is 1.50 bits per heavy atom. The van der Waals surface area contributed by atoms with Gasteiger partial charge in [-0.25, -0.2) is 4.98 Å². The summed E-state index contributed by atoms with van der Waals surface area (Å²) >= 11 is 1.34. The molecule has 2 rings (SSSR count). The van der Waals surface area contributed by atoms with Gasteiger partial charge in [-0.05, 0) is 6.92 Å². The summed E-state index contributed by atoms with van der Waals surface area (Å²) in [6, 6.07) is 0. The van der Waals surface area contributed by atoms with Crippen LogP contribution in [0.1, 0.15) is 21.9 Å². The summed E-state index contributed by atoms with van der Waals surface area (Å²) in [5.74, 6) is -1.10. The number of aryl methyl sites for hydroxylation is 1. The van der Waals surface area contributed by atoms with Crippen molar-refractivity contribution < 1.29 is 14.7 Å². The molecular weight excluding hydrogens is 254 g/mol. The zero-order valence-corrected chi connectivity index (χ0v) is 11.1. The molecule has 0 fully saturated rings. The van der Waals surface area contributed by atoms with Crippen molar-refractivity contribution in [3.05, 3.63) is 22.5 Å². The molecule has 0 aliphatic carbocycles. The summed E-state index contributed by atoms with van der Waals surface area (Å²) < 4.78 is 1.64. The van der Waals surface area contributed by atoms with Gasteiger partial charge < -0.3 is 10.0 Å². The molecule has 0 radical (unpaired) electrons. The number of carboxylic acids is 1. The molecule has 0 unspecified atom stereocenters. The predicted octanol–water partition coefficient (Wildman–Crippen LogP) is 1.03. The van der Waals surface area contributed by atoms with Gasteiger partial charge in [0.05, 0.1) is 12.1 Å². The normalized spacial score (nSPS) is 10.8. The highest BCUT2D eigenvalue weighted by molar-refractivity contribution is 7.15. The number of amides is 1. The van der Waals surface area contributed by atoms with Crippen LogP contribution in [0, 0.1) is 6.92 Å². The fourth-order valence-corrected chi connectivity index (χ4v) is 2.69. The average molecular weight is 267 g/mol. The van der Waals surface area contributed by atoms with Gasteiger partial charge in [-0.1, -0.05) is 0 Å². The summed E-state index contributed by atoms with van der Waals surface area (Å²) in [6.07, 6.45) is -0.122. The smallest absolute Gasteiger partial charge is 0.309 e. The van der Waals surface area contributed by atoms with Gasteiger partial charge in [0, 0.05) is 25.2 Å². The molecule has 1 amide bonds. The molecule has 0 spiro atoms. The number of fused-ring (bicyclic) bond motifs is 1. The van der Waals surface area contributed by atoms with Crippen molar-refractivity contribution in [3.8, 4) is 0 Å². The predicted molar refractivity (Wildman–Crippen MR) is 67.2 cm³/mol. The fraction of sp³-hybridized carbons (Fsp3) is 0.364. The average Bonchev–Trinajstić information content (AvgIpc) is 2.76. The third-order valence-corrected chi connectivity index (χ3v) is 3.42. The van der Waals surface area contributed by atoms with Crippen molar-refractivity contribution in [3.63, 3.8) is 0 Å². The molecule has 1 N–H and O–H groups in total. The van der Waals surface area contributed by atoms with Gasteiger partial charge in [-0.15, -0.1) is 11.3 Å². The van der Waals surface area contributed by atoms with Gasteiger partial charge in [0.25, 0.3) is 5.91 Å². The maximum atomic E-state index is 12.1. The first-order valence-corrected chi connectivity index (χ1v) is 6.18. The molecule has 0 bridgehead atoms. The Balaban J connectivity index is 2.63. The Hall–Kier alpha value is -1.89. The maximum absolute atomic E-state index is 12.1. The van der Waals surface area contributed by atoms with Crippen LogP contribution < -0.4 is 0 Å². The molecule has 0 saturated heterocycles. The van der Waals surface area contributed by atoms with Crippen molar-refractivity contribution in [1.82, 2.24) is 14.3 Å². The van der Waals surface area contributed by atoms with E-state index in [-0.39, 0.29) is 12.3 Å². The first-order chi connectivity index (χ1) is 8.41. The lowest BCUT2D eigenvalue weighted by Crippen LogP contribution is -2.24. The molecule has 0 saturated carbocycles. The van der Waals surface area contributed by atoms with Gasteiger partial charge >= 0.3 is 5.97 Å². The number of aromatic nitrogens is 2. The van der Waals surface area contributed by atoms with Crippen LogP contribution in [0.15, 0.2) is 5.38 Å². The summed E-state index contributed by atoms with van der Waals surface area (Å²) in [5, 5.41) is 10.6. The first-order valence-electron chi connectivity index (χ1n) is 5.30. The SMILES string of the molecule is Cc1nc2scc(CC(=O)O)n2c1C(=O)N(C)C. The molecule has 2 aromatic rings. The van der Waals surface area contributed by atoms with Crippen LogP contribution in [0.25, 0.3) is 4.96 Å². The number of carboxylic acid groups (broad SMARTS) is 1.